The van der Waals surface area contributed by atoms with Crippen LogP contribution in [0, 0.1) is 17.8 Å². The zero-order chi connectivity index (χ0) is 22.4. The van der Waals surface area contributed by atoms with Crippen LogP contribution in [0.2, 0.25) is 0 Å². The minimum absolute atomic E-state index is 0.0219. The van der Waals surface area contributed by atoms with Crippen molar-refractivity contribution in [1.82, 2.24) is 14.8 Å². The van der Waals surface area contributed by atoms with Crippen molar-refractivity contribution in [1.29, 1.82) is 0 Å². The molecule has 168 valence electrons. The van der Waals surface area contributed by atoms with Gasteiger partial charge in [0, 0.05) is 36.7 Å². The summed E-state index contributed by atoms with van der Waals surface area (Å²) in [5, 5.41) is 13.4. The number of pyridine rings is 1. The predicted molar refractivity (Wildman–Crippen MR) is 118 cm³/mol. The molecule has 5 atom stereocenters. The lowest BCUT2D eigenvalue weighted by Crippen LogP contribution is -2.51. The van der Waals surface area contributed by atoms with Crippen molar-refractivity contribution in [3.63, 3.8) is 0 Å². The fourth-order valence-corrected chi connectivity index (χ4v) is 5.66. The van der Waals surface area contributed by atoms with Crippen molar-refractivity contribution in [2.45, 2.75) is 50.9 Å². The number of aliphatic hydroxyl groups is 1. The second kappa shape index (κ2) is 8.20. The van der Waals surface area contributed by atoms with Crippen molar-refractivity contribution >= 4 is 11.8 Å². The van der Waals surface area contributed by atoms with E-state index < -0.39 is 17.9 Å². The van der Waals surface area contributed by atoms with Gasteiger partial charge < -0.3 is 19.9 Å². The maximum atomic E-state index is 13.6. The zero-order valence-electron chi connectivity index (χ0n) is 18.2. The quantitative estimate of drug-likeness (QED) is 0.752. The fraction of sp³-hybridized carbons (Fsp3) is 0.480. The monoisotopic (exact) mass is 435 g/mol. The van der Waals surface area contributed by atoms with E-state index in [9.17, 15) is 19.5 Å². The molecule has 1 aromatic heterocycles. The number of nitrogens with one attached hydrogen (secondary N) is 1. The first-order chi connectivity index (χ1) is 15.5. The molecule has 0 unspecified atom stereocenters. The molecule has 2 aromatic rings. The number of carbonyl (C=O) groups excluding carboxylic acids is 2. The van der Waals surface area contributed by atoms with Gasteiger partial charge in [-0.15, -0.1) is 0 Å². The van der Waals surface area contributed by atoms with Gasteiger partial charge in [-0.05, 0) is 31.4 Å². The van der Waals surface area contributed by atoms with E-state index in [1.807, 2.05) is 48.2 Å². The van der Waals surface area contributed by atoms with Gasteiger partial charge in [0.2, 0.25) is 11.8 Å². The number of aromatic nitrogens is 1. The third-order valence-electron chi connectivity index (χ3n) is 7.59. The van der Waals surface area contributed by atoms with Crippen LogP contribution >= 0.6 is 0 Å². The van der Waals surface area contributed by atoms with E-state index in [0.29, 0.717) is 12.2 Å². The average molecular weight is 436 g/mol. The van der Waals surface area contributed by atoms with Gasteiger partial charge in [0.25, 0.3) is 5.56 Å². The fourth-order valence-electron chi connectivity index (χ4n) is 5.66. The molecule has 2 amide bonds. The van der Waals surface area contributed by atoms with Crippen molar-refractivity contribution in [2.75, 3.05) is 6.61 Å². The van der Waals surface area contributed by atoms with Crippen molar-refractivity contribution in [3.8, 4) is 0 Å². The number of rotatable bonds is 5. The number of amides is 2. The molecule has 2 N–H and O–H groups in total. The summed E-state index contributed by atoms with van der Waals surface area (Å²) in [4.78, 5) is 41.5. The van der Waals surface area contributed by atoms with Crippen molar-refractivity contribution < 1.29 is 14.7 Å². The molecule has 3 aliphatic rings. The Bertz CT molecular complexity index is 1080. The molecule has 1 saturated heterocycles. The highest BCUT2D eigenvalue weighted by Gasteiger charge is 2.58. The third kappa shape index (κ3) is 3.26. The van der Waals surface area contributed by atoms with E-state index in [0.717, 1.165) is 24.8 Å². The van der Waals surface area contributed by atoms with E-state index in [2.05, 4.69) is 5.32 Å². The Balaban J connectivity index is 1.53. The van der Waals surface area contributed by atoms with Crippen LogP contribution in [-0.4, -0.2) is 39.0 Å². The molecule has 1 aromatic carbocycles. The van der Waals surface area contributed by atoms with Gasteiger partial charge in [-0.3, -0.25) is 14.4 Å². The van der Waals surface area contributed by atoms with Gasteiger partial charge in [-0.1, -0.05) is 42.8 Å². The van der Waals surface area contributed by atoms with Crippen molar-refractivity contribution in [2.24, 2.45) is 17.8 Å². The Hall–Kier alpha value is -2.93. The molecule has 3 heterocycles. The summed E-state index contributed by atoms with van der Waals surface area (Å²) in [7, 11) is 0. The molecular weight excluding hydrogens is 406 g/mol. The minimum atomic E-state index is -0.615. The molecule has 32 heavy (non-hydrogen) atoms. The molecule has 2 bridgehead atoms. The summed E-state index contributed by atoms with van der Waals surface area (Å²) in [6.45, 7) is 2.03. The molecular formula is C25H29N3O4. The molecule has 5 rings (SSSR count). The maximum Gasteiger partial charge on any atom is 0.250 e. The largest absolute Gasteiger partial charge is 0.396 e. The summed E-state index contributed by atoms with van der Waals surface area (Å²) in [5.74, 6) is -1.20. The first-order valence-electron chi connectivity index (χ1n) is 11.5. The van der Waals surface area contributed by atoms with Gasteiger partial charge in [-0.25, -0.2) is 0 Å². The lowest BCUT2D eigenvalue weighted by molar-refractivity contribution is -0.143. The first kappa shape index (κ1) is 20.9. The standard InChI is InChI=1S/C25H29N3O4/c1-15(16-7-3-2-4-8-16)26-24(31)22-18(14-29)20-13-27-19(11-6-12-21(27)30)23(22)28(20)25(32)17-9-5-10-17/h2-4,6-8,11-12,15,17-18,20,22-23,29H,5,9-10,13-14H2,1H3,(H,26,31)/t15-,18+,20+,22-,23-/m0/s1. The van der Waals surface area contributed by atoms with Crippen molar-refractivity contribution in [3.05, 3.63) is 70.1 Å². The molecule has 7 nitrogen and oxygen atoms in total. The van der Waals surface area contributed by atoms with E-state index in [1.54, 1.807) is 10.6 Å². The van der Waals surface area contributed by atoms with Gasteiger partial charge in [-0.2, -0.15) is 0 Å². The third-order valence-corrected chi connectivity index (χ3v) is 7.59. The number of fused-ring (bicyclic) bond motifs is 4. The molecule has 0 radical (unpaired) electrons. The van der Waals surface area contributed by atoms with Crippen LogP contribution in [0.25, 0.3) is 0 Å². The van der Waals surface area contributed by atoms with E-state index in [4.69, 9.17) is 0 Å². The number of carbonyl (C=O) groups is 2. The second-order valence-electron chi connectivity index (χ2n) is 9.30. The summed E-state index contributed by atoms with van der Waals surface area (Å²) in [6, 6.07) is 13.6. The highest BCUT2D eigenvalue weighted by atomic mass is 16.3. The number of hydrogen-bond donors (Lipinski definition) is 2. The number of nitrogens with zero attached hydrogens (tertiary/aromatic N) is 2. The van der Waals surface area contributed by atoms with Gasteiger partial charge in [0.05, 0.1) is 24.0 Å². The molecule has 2 aliphatic heterocycles. The van der Waals surface area contributed by atoms with E-state index in [-0.39, 0.29) is 42.0 Å². The highest BCUT2D eigenvalue weighted by Crippen LogP contribution is 2.50. The van der Waals surface area contributed by atoms with Crippen LogP contribution in [0.1, 0.15) is 49.5 Å². The Kier molecular flexibility index (Phi) is 5.37. The Morgan fingerprint density at radius 1 is 1.12 bits per heavy atom. The van der Waals surface area contributed by atoms with Crippen LogP contribution in [-0.2, 0) is 16.1 Å². The lowest BCUT2D eigenvalue weighted by atomic mass is 9.83. The lowest BCUT2D eigenvalue weighted by Gasteiger charge is -2.41. The maximum absolute atomic E-state index is 13.6. The molecule has 1 saturated carbocycles. The summed E-state index contributed by atoms with van der Waals surface area (Å²) < 4.78 is 1.68. The predicted octanol–water partition coefficient (Wildman–Crippen LogP) is 2.02. The zero-order valence-corrected chi connectivity index (χ0v) is 18.2. The topological polar surface area (TPSA) is 91.6 Å². The van der Waals surface area contributed by atoms with E-state index >= 15 is 0 Å². The number of aliphatic hydroxyl groups excluding tert-OH is 1. The van der Waals surface area contributed by atoms with Gasteiger partial charge in [0.15, 0.2) is 0 Å². The Morgan fingerprint density at radius 3 is 2.53 bits per heavy atom. The minimum Gasteiger partial charge on any atom is -0.396 e. The number of benzene rings is 1. The van der Waals surface area contributed by atoms with Crippen LogP contribution in [0.15, 0.2) is 53.3 Å². The molecule has 2 fully saturated rings. The normalized spacial score (nSPS) is 27.4. The summed E-state index contributed by atoms with van der Waals surface area (Å²) in [5.41, 5.74) is 1.54. The molecule has 0 spiro atoms. The van der Waals surface area contributed by atoms with Crippen LogP contribution in [0.5, 0.6) is 0 Å². The first-order valence-corrected chi connectivity index (χ1v) is 11.5. The smallest absolute Gasteiger partial charge is 0.250 e. The molecule has 7 heteroatoms. The average Bonchev–Trinajstić information content (AvgIpc) is 3.00. The summed E-state index contributed by atoms with van der Waals surface area (Å²) in [6.07, 6.45) is 2.77. The van der Waals surface area contributed by atoms with Gasteiger partial charge >= 0.3 is 0 Å². The highest BCUT2D eigenvalue weighted by molar-refractivity contribution is 5.86. The Labute approximate surface area is 187 Å². The van der Waals surface area contributed by atoms with Crippen LogP contribution in [0.3, 0.4) is 0 Å². The number of hydrogen-bond acceptors (Lipinski definition) is 4. The van der Waals surface area contributed by atoms with E-state index in [1.165, 1.54) is 6.07 Å². The SMILES string of the molecule is C[C@H](NC(=O)[C@H]1[C@H](CO)[C@H]2Cn3c(cccc3=O)[C@@H]1N2C(=O)C1CCC1)c1ccccc1. The molecule has 1 aliphatic carbocycles. The second-order valence-corrected chi connectivity index (χ2v) is 9.30. The van der Waals surface area contributed by atoms with Crippen LogP contribution in [0.4, 0.5) is 0 Å². The summed E-state index contributed by atoms with van der Waals surface area (Å²) >= 11 is 0. The van der Waals surface area contributed by atoms with Crippen LogP contribution < -0.4 is 10.9 Å². The van der Waals surface area contributed by atoms with Gasteiger partial charge in [0.1, 0.15) is 0 Å². The Morgan fingerprint density at radius 2 is 1.88 bits per heavy atom.